The molecular weight excluding hydrogens is 352 g/mol. The second-order valence-electron chi connectivity index (χ2n) is 4.68. The third-order valence-corrected chi connectivity index (χ3v) is 4.01. The smallest absolute Gasteiger partial charge is 0.238 e. The molecule has 0 spiro atoms. The van der Waals surface area contributed by atoms with Crippen LogP contribution in [0.5, 0.6) is 0 Å². The summed E-state index contributed by atoms with van der Waals surface area (Å²) < 4.78 is 1.03. The molecule has 3 nitrogen and oxygen atoms in total. The zero-order valence-corrected chi connectivity index (χ0v) is 13.9. The number of carbonyl (C=O) groups is 1. The highest BCUT2D eigenvalue weighted by Crippen LogP contribution is 2.22. The maximum atomic E-state index is 11.9. The van der Waals surface area contributed by atoms with Crippen LogP contribution >= 0.6 is 27.5 Å². The largest absolute Gasteiger partial charge is 0.325 e. The van der Waals surface area contributed by atoms with Crippen LogP contribution in [0.3, 0.4) is 0 Å². The molecule has 0 heterocycles. The summed E-state index contributed by atoms with van der Waals surface area (Å²) in [5.74, 6) is -0.101. The van der Waals surface area contributed by atoms with Crippen molar-refractivity contribution >= 4 is 39.1 Å². The van der Waals surface area contributed by atoms with Gasteiger partial charge in [-0.05, 0) is 36.8 Å². The number of hydrogen-bond donors (Lipinski definition) is 2. The molecule has 0 radical (unpaired) electrons. The maximum Gasteiger partial charge on any atom is 0.238 e. The first-order valence-electron chi connectivity index (χ1n) is 6.59. The summed E-state index contributed by atoms with van der Waals surface area (Å²) in [7, 11) is 0. The number of benzene rings is 2. The van der Waals surface area contributed by atoms with Crippen molar-refractivity contribution in [2.75, 3.05) is 11.9 Å². The van der Waals surface area contributed by atoms with Crippen molar-refractivity contribution in [3.63, 3.8) is 0 Å². The number of hydrogen-bond acceptors (Lipinski definition) is 2. The first-order chi connectivity index (χ1) is 10.1. The van der Waals surface area contributed by atoms with Crippen LogP contribution in [0, 0.1) is 0 Å². The van der Waals surface area contributed by atoms with E-state index in [-0.39, 0.29) is 18.5 Å². The van der Waals surface area contributed by atoms with Gasteiger partial charge in [-0.2, -0.15) is 0 Å². The van der Waals surface area contributed by atoms with Crippen LogP contribution in [0.1, 0.15) is 18.5 Å². The molecular formula is C16H16BrClN2O. The lowest BCUT2D eigenvalue weighted by atomic mass is 10.1. The summed E-state index contributed by atoms with van der Waals surface area (Å²) in [5.41, 5.74) is 1.82. The van der Waals surface area contributed by atoms with Crippen molar-refractivity contribution in [2.45, 2.75) is 13.0 Å². The lowest BCUT2D eigenvalue weighted by Crippen LogP contribution is -2.30. The highest BCUT2D eigenvalue weighted by atomic mass is 79.9. The molecule has 21 heavy (non-hydrogen) atoms. The van der Waals surface area contributed by atoms with E-state index in [9.17, 15) is 4.79 Å². The van der Waals surface area contributed by atoms with E-state index in [1.807, 2.05) is 31.2 Å². The zero-order valence-electron chi connectivity index (χ0n) is 11.6. The number of carbonyl (C=O) groups excluding carboxylic acids is 1. The second-order valence-corrected chi connectivity index (χ2v) is 5.97. The van der Waals surface area contributed by atoms with Gasteiger partial charge < -0.3 is 10.6 Å². The van der Waals surface area contributed by atoms with E-state index in [4.69, 9.17) is 11.6 Å². The highest BCUT2D eigenvalue weighted by Gasteiger charge is 2.10. The fourth-order valence-electron chi connectivity index (χ4n) is 1.95. The highest BCUT2D eigenvalue weighted by molar-refractivity contribution is 9.10. The number of amides is 1. The lowest BCUT2D eigenvalue weighted by molar-refractivity contribution is -0.115. The average Bonchev–Trinajstić information content (AvgIpc) is 2.45. The molecule has 1 amide bonds. The minimum atomic E-state index is -0.101. The van der Waals surface area contributed by atoms with Gasteiger partial charge in [0, 0.05) is 21.2 Å². The van der Waals surface area contributed by atoms with Gasteiger partial charge in [0.05, 0.1) is 6.54 Å². The van der Waals surface area contributed by atoms with Crippen LogP contribution in [0.4, 0.5) is 5.69 Å². The van der Waals surface area contributed by atoms with Gasteiger partial charge in [-0.25, -0.2) is 0 Å². The Morgan fingerprint density at radius 3 is 2.71 bits per heavy atom. The molecule has 0 saturated carbocycles. The molecule has 110 valence electrons. The first-order valence-corrected chi connectivity index (χ1v) is 7.76. The van der Waals surface area contributed by atoms with E-state index < -0.39 is 0 Å². The molecule has 2 N–H and O–H groups in total. The van der Waals surface area contributed by atoms with Gasteiger partial charge in [-0.15, -0.1) is 0 Å². The minimum absolute atomic E-state index is 0.0747. The summed E-state index contributed by atoms with van der Waals surface area (Å²) in [6.07, 6.45) is 0. The molecule has 0 aliphatic rings. The lowest BCUT2D eigenvalue weighted by Gasteiger charge is -2.15. The van der Waals surface area contributed by atoms with Gasteiger partial charge in [-0.1, -0.05) is 51.8 Å². The standard InChI is InChI=1S/C16H16BrClN2O/c1-11(14-7-2-3-8-15(14)17)19-10-16(21)20-13-6-4-5-12(18)9-13/h2-9,11,19H,10H2,1H3,(H,20,21)/t11-/m1/s1. The molecule has 2 rings (SSSR count). The van der Waals surface area contributed by atoms with E-state index >= 15 is 0 Å². The van der Waals surface area contributed by atoms with E-state index in [1.54, 1.807) is 24.3 Å². The van der Waals surface area contributed by atoms with Gasteiger partial charge in [0.2, 0.25) is 5.91 Å². The molecule has 1 atom stereocenters. The molecule has 0 saturated heterocycles. The summed E-state index contributed by atoms with van der Waals surface area (Å²) in [6.45, 7) is 2.25. The molecule has 5 heteroatoms. The molecule has 0 fully saturated rings. The third-order valence-electron chi connectivity index (χ3n) is 3.05. The third kappa shape index (κ3) is 4.84. The topological polar surface area (TPSA) is 41.1 Å². The van der Waals surface area contributed by atoms with Crippen LogP contribution in [0.2, 0.25) is 5.02 Å². The van der Waals surface area contributed by atoms with Crippen LogP contribution in [-0.4, -0.2) is 12.5 Å². The van der Waals surface area contributed by atoms with Crippen molar-refractivity contribution < 1.29 is 4.79 Å². The quantitative estimate of drug-likeness (QED) is 0.823. The van der Waals surface area contributed by atoms with E-state index in [0.717, 1.165) is 10.0 Å². The van der Waals surface area contributed by atoms with Crippen LogP contribution in [0.25, 0.3) is 0 Å². The van der Waals surface area contributed by atoms with Gasteiger partial charge in [0.15, 0.2) is 0 Å². The predicted octanol–water partition coefficient (Wildman–Crippen LogP) is 4.39. The van der Waals surface area contributed by atoms with Gasteiger partial charge in [0.25, 0.3) is 0 Å². The average molecular weight is 368 g/mol. The van der Waals surface area contributed by atoms with Crippen LogP contribution in [-0.2, 0) is 4.79 Å². The Hall–Kier alpha value is -1.36. The molecule has 0 aromatic heterocycles. The van der Waals surface area contributed by atoms with Crippen LogP contribution < -0.4 is 10.6 Å². The van der Waals surface area contributed by atoms with E-state index in [2.05, 4.69) is 26.6 Å². The van der Waals surface area contributed by atoms with Gasteiger partial charge in [0.1, 0.15) is 0 Å². The summed E-state index contributed by atoms with van der Waals surface area (Å²) in [6, 6.07) is 15.1. The Bertz CT molecular complexity index is 633. The molecule has 0 aliphatic heterocycles. The number of nitrogens with one attached hydrogen (secondary N) is 2. The van der Waals surface area contributed by atoms with Gasteiger partial charge in [-0.3, -0.25) is 4.79 Å². The fourth-order valence-corrected chi connectivity index (χ4v) is 2.77. The van der Waals surface area contributed by atoms with Crippen molar-refractivity contribution in [1.82, 2.24) is 5.32 Å². The van der Waals surface area contributed by atoms with E-state index in [0.29, 0.717) is 10.7 Å². The normalized spacial score (nSPS) is 12.0. The Kier molecular flexibility index (Phi) is 5.79. The molecule has 0 bridgehead atoms. The summed E-state index contributed by atoms with van der Waals surface area (Å²) in [5, 5.41) is 6.61. The first kappa shape index (κ1) is 16.0. The fraction of sp³-hybridized carbons (Fsp3) is 0.188. The SMILES string of the molecule is C[C@@H](NCC(=O)Nc1cccc(Cl)c1)c1ccccc1Br. The van der Waals surface area contributed by atoms with Crippen molar-refractivity contribution in [3.05, 3.63) is 63.6 Å². The van der Waals surface area contributed by atoms with Crippen molar-refractivity contribution in [3.8, 4) is 0 Å². The summed E-state index contributed by atoms with van der Waals surface area (Å²) >= 11 is 9.39. The number of rotatable bonds is 5. The Balaban J connectivity index is 1.88. The Morgan fingerprint density at radius 1 is 1.24 bits per heavy atom. The molecule has 2 aromatic carbocycles. The Morgan fingerprint density at radius 2 is 2.00 bits per heavy atom. The van der Waals surface area contributed by atoms with Gasteiger partial charge >= 0.3 is 0 Å². The monoisotopic (exact) mass is 366 g/mol. The molecule has 0 unspecified atom stereocenters. The molecule has 0 aliphatic carbocycles. The van der Waals surface area contributed by atoms with E-state index in [1.165, 1.54) is 0 Å². The maximum absolute atomic E-state index is 11.9. The van der Waals surface area contributed by atoms with Crippen molar-refractivity contribution in [2.24, 2.45) is 0 Å². The minimum Gasteiger partial charge on any atom is -0.325 e. The van der Waals surface area contributed by atoms with Crippen LogP contribution in [0.15, 0.2) is 53.0 Å². The van der Waals surface area contributed by atoms with Crippen molar-refractivity contribution in [1.29, 1.82) is 0 Å². The predicted molar refractivity (Wildman–Crippen MR) is 90.6 cm³/mol. The number of halogens is 2. The number of anilines is 1. The Labute approximate surface area is 137 Å². The second kappa shape index (κ2) is 7.59. The zero-order chi connectivity index (χ0) is 15.2. The summed E-state index contributed by atoms with van der Waals surface area (Å²) in [4.78, 5) is 11.9. The molecule has 2 aromatic rings.